The van der Waals surface area contributed by atoms with Gasteiger partial charge >= 0.3 is 5.97 Å². The molecule has 1 amide bonds. The maximum absolute atomic E-state index is 12.4. The Hall–Kier alpha value is -3.55. The fourth-order valence-corrected chi connectivity index (χ4v) is 3.09. The molecule has 7 nitrogen and oxygen atoms in total. The van der Waals surface area contributed by atoms with Gasteiger partial charge in [0.05, 0.1) is 41.1 Å². The number of hydrogen-bond acceptors (Lipinski definition) is 6. The first kappa shape index (κ1) is 24.1. The van der Waals surface area contributed by atoms with E-state index in [2.05, 4.69) is 10.5 Å². The van der Waals surface area contributed by atoms with Crippen LogP contribution in [0.15, 0.2) is 65.8 Å². The number of esters is 1. The Labute approximate surface area is 200 Å². The monoisotopic (exact) mass is 486 g/mol. The number of ether oxygens (including phenoxy) is 3. The Kier molecular flexibility index (Phi) is 8.29. The molecule has 0 heterocycles. The van der Waals surface area contributed by atoms with E-state index < -0.39 is 11.9 Å². The van der Waals surface area contributed by atoms with E-state index in [0.717, 1.165) is 0 Å². The average molecular weight is 487 g/mol. The number of benzene rings is 3. The summed E-state index contributed by atoms with van der Waals surface area (Å²) < 4.78 is 16.2. The van der Waals surface area contributed by atoms with Crippen LogP contribution in [0.2, 0.25) is 10.0 Å². The predicted molar refractivity (Wildman–Crippen MR) is 127 cm³/mol. The molecule has 0 aromatic heterocycles. The number of carbonyl (C=O) groups excluding carboxylic acids is 2. The van der Waals surface area contributed by atoms with E-state index in [-0.39, 0.29) is 16.3 Å². The van der Waals surface area contributed by atoms with E-state index in [1.807, 2.05) is 6.92 Å². The van der Waals surface area contributed by atoms with E-state index in [4.69, 9.17) is 37.4 Å². The minimum absolute atomic E-state index is 0.209. The summed E-state index contributed by atoms with van der Waals surface area (Å²) in [5.74, 6) is -0.0359. The van der Waals surface area contributed by atoms with Crippen LogP contribution in [0.3, 0.4) is 0 Å². The molecule has 0 aliphatic rings. The lowest BCUT2D eigenvalue weighted by Gasteiger charge is -2.10. The largest absolute Gasteiger partial charge is 0.493 e. The van der Waals surface area contributed by atoms with Crippen LogP contribution in [-0.4, -0.2) is 31.8 Å². The first-order valence-corrected chi connectivity index (χ1v) is 10.6. The van der Waals surface area contributed by atoms with Crippen LogP contribution in [0.25, 0.3) is 0 Å². The van der Waals surface area contributed by atoms with Gasteiger partial charge in [-0.05, 0) is 61.0 Å². The Bertz CT molecular complexity index is 1200. The molecule has 0 bridgehead atoms. The van der Waals surface area contributed by atoms with E-state index in [1.54, 1.807) is 42.5 Å². The number of nitrogens with zero attached hydrogens (tertiary/aromatic N) is 1. The third-order valence-corrected chi connectivity index (χ3v) is 5.10. The smallest absolute Gasteiger partial charge is 0.343 e. The summed E-state index contributed by atoms with van der Waals surface area (Å²) in [7, 11) is 1.44. The summed E-state index contributed by atoms with van der Waals surface area (Å²) in [6.07, 6.45) is 1.44. The van der Waals surface area contributed by atoms with Crippen molar-refractivity contribution in [3.05, 3.63) is 87.4 Å². The molecule has 0 unspecified atom stereocenters. The van der Waals surface area contributed by atoms with Gasteiger partial charge in [-0.2, -0.15) is 5.10 Å². The van der Waals surface area contributed by atoms with Crippen LogP contribution < -0.4 is 19.6 Å². The van der Waals surface area contributed by atoms with Crippen LogP contribution >= 0.6 is 23.2 Å². The lowest BCUT2D eigenvalue weighted by atomic mass is 10.2. The normalized spacial score (nSPS) is 10.7. The molecule has 0 aliphatic heterocycles. The van der Waals surface area contributed by atoms with E-state index >= 15 is 0 Å². The maximum atomic E-state index is 12.4. The number of rotatable bonds is 8. The van der Waals surface area contributed by atoms with Crippen LogP contribution in [0.1, 0.15) is 33.2 Å². The highest BCUT2D eigenvalue weighted by molar-refractivity contribution is 6.42. The van der Waals surface area contributed by atoms with Crippen molar-refractivity contribution in [1.29, 1.82) is 0 Å². The summed E-state index contributed by atoms with van der Waals surface area (Å²) in [6, 6.07) is 16.2. The van der Waals surface area contributed by atoms with Crippen molar-refractivity contribution in [1.82, 2.24) is 5.43 Å². The molecule has 170 valence electrons. The minimum Gasteiger partial charge on any atom is -0.493 e. The molecule has 1 N–H and O–H groups in total. The number of hydrogen-bond donors (Lipinski definition) is 1. The molecule has 0 saturated carbocycles. The predicted octanol–water partition coefficient (Wildman–Crippen LogP) is 5.38. The zero-order valence-corrected chi connectivity index (χ0v) is 19.3. The lowest BCUT2D eigenvalue weighted by molar-refractivity contribution is 0.0729. The van der Waals surface area contributed by atoms with Crippen molar-refractivity contribution in [3.8, 4) is 17.2 Å². The summed E-state index contributed by atoms with van der Waals surface area (Å²) in [4.78, 5) is 24.8. The second kappa shape index (κ2) is 11.4. The summed E-state index contributed by atoms with van der Waals surface area (Å²) in [5.41, 5.74) is 3.69. The molecule has 0 spiro atoms. The highest BCUT2D eigenvalue weighted by atomic mass is 35.5. The van der Waals surface area contributed by atoms with Gasteiger partial charge in [-0.3, -0.25) is 4.79 Å². The van der Waals surface area contributed by atoms with Gasteiger partial charge in [-0.25, -0.2) is 10.2 Å². The molecule has 33 heavy (non-hydrogen) atoms. The van der Waals surface area contributed by atoms with Crippen molar-refractivity contribution in [2.24, 2.45) is 5.10 Å². The molecular formula is C24H20Cl2N2O5. The van der Waals surface area contributed by atoms with Gasteiger partial charge in [0.15, 0.2) is 11.5 Å². The van der Waals surface area contributed by atoms with Gasteiger partial charge in [0, 0.05) is 0 Å². The Balaban J connectivity index is 1.69. The number of methoxy groups -OCH3 is 1. The molecule has 3 rings (SSSR count). The molecule has 9 heteroatoms. The fraction of sp³-hybridized carbons (Fsp3) is 0.125. The zero-order valence-electron chi connectivity index (χ0n) is 17.8. The Morgan fingerprint density at radius 1 is 0.970 bits per heavy atom. The highest BCUT2D eigenvalue weighted by Gasteiger charge is 2.14. The maximum Gasteiger partial charge on any atom is 0.343 e. The van der Waals surface area contributed by atoms with Gasteiger partial charge < -0.3 is 14.2 Å². The topological polar surface area (TPSA) is 86.2 Å². The molecule has 0 atom stereocenters. The van der Waals surface area contributed by atoms with Crippen LogP contribution in [0.4, 0.5) is 0 Å². The number of para-hydroxylation sites is 1. The van der Waals surface area contributed by atoms with E-state index in [1.165, 1.54) is 31.5 Å². The third kappa shape index (κ3) is 6.25. The summed E-state index contributed by atoms with van der Waals surface area (Å²) >= 11 is 11.8. The third-order valence-electron chi connectivity index (χ3n) is 4.36. The van der Waals surface area contributed by atoms with Gasteiger partial charge in [-0.1, -0.05) is 35.3 Å². The lowest BCUT2D eigenvalue weighted by Crippen LogP contribution is -2.18. The van der Waals surface area contributed by atoms with Gasteiger partial charge in [0.2, 0.25) is 0 Å². The first-order valence-electron chi connectivity index (χ1n) is 9.83. The number of hydrazone groups is 1. The minimum atomic E-state index is -0.617. The Morgan fingerprint density at radius 2 is 1.76 bits per heavy atom. The highest BCUT2D eigenvalue weighted by Crippen LogP contribution is 2.29. The van der Waals surface area contributed by atoms with Crippen LogP contribution in [-0.2, 0) is 0 Å². The van der Waals surface area contributed by atoms with Crippen molar-refractivity contribution in [2.75, 3.05) is 13.7 Å². The Morgan fingerprint density at radius 3 is 2.48 bits per heavy atom. The molecule has 0 radical (unpaired) electrons. The quantitative estimate of drug-likeness (QED) is 0.200. The molecule has 3 aromatic carbocycles. The summed E-state index contributed by atoms with van der Waals surface area (Å²) in [6.45, 7) is 2.28. The zero-order chi connectivity index (χ0) is 23.8. The second-order valence-corrected chi connectivity index (χ2v) is 7.37. The standard InChI is InChI=1S/C24H20Cl2N2O5/c1-3-32-20-7-5-4-6-17(20)23(29)28-27-14-15-8-11-21(22(12-15)31-2)33-24(30)16-9-10-18(25)19(26)13-16/h4-14H,3H2,1-2H3,(H,28,29)/b27-14+. The van der Waals surface area contributed by atoms with E-state index in [9.17, 15) is 9.59 Å². The van der Waals surface area contributed by atoms with Crippen LogP contribution in [0.5, 0.6) is 17.2 Å². The first-order chi connectivity index (χ1) is 15.9. The van der Waals surface area contributed by atoms with Crippen molar-refractivity contribution in [3.63, 3.8) is 0 Å². The van der Waals surface area contributed by atoms with Gasteiger partial charge in [0.1, 0.15) is 5.75 Å². The van der Waals surface area contributed by atoms with E-state index in [0.29, 0.717) is 34.3 Å². The van der Waals surface area contributed by atoms with Crippen molar-refractivity contribution < 1.29 is 23.8 Å². The van der Waals surface area contributed by atoms with Crippen LogP contribution in [0, 0.1) is 0 Å². The number of carbonyl (C=O) groups is 2. The molecule has 0 aliphatic carbocycles. The van der Waals surface area contributed by atoms with Gasteiger partial charge in [0.25, 0.3) is 5.91 Å². The molecule has 0 fully saturated rings. The average Bonchev–Trinajstić information content (AvgIpc) is 2.82. The molecule has 0 saturated heterocycles. The number of amides is 1. The number of nitrogens with one attached hydrogen (secondary N) is 1. The SMILES string of the molecule is CCOc1ccccc1C(=O)N/N=C/c1ccc(OC(=O)c2ccc(Cl)c(Cl)c2)c(OC)c1. The summed E-state index contributed by atoms with van der Waals surface area (Å²) in [5, 5.41) is 4.56. The number of halogens is 2. The fourth-order valence-electron chi connectivity index (χ4n) is 2.79. The molecular weight excluding hydrogens is 467 g/mol. The molecule has 3 aromatic rings. The van der Waals surface area contributed by atoms with Gasteiger partial charge in [-0.15, -0.1) is 0 Å². The van der Waals surface area contributed by atoms with Crippen molar-refractivity contribution in [2.45, 2.75) is 6.92 Å². The van der Waals surface area contributed by atoms with Crippen molar-refractivity contribution >= 4 is 41.3 Å². The second-order valence-electron chi connectivity index (χ2n) is 6.56.